The van der Waals surface area contributed by atoms with Crippen molar-refractivity contribution in [1.82, 2.24) is 9.55 Å². The number of benzene rings is 1. The van der Waals surface area contributed by atoms with Crippen molar-refractivity contribution in [2.75, 3.05) is 19.8 Å². The first-order valence-electron chi connectivity index (χ1n) is 5.82. The van der Waals surface area contributed by atoms with Crippen molar-refractivity contribution in [3.05, 3.63) is 28.8 Å². The van der Waals surface area contributed by atoms with Crippen molar-refractivity contribution in [2.24, 2.45) is 0 Å². The third kappa shape index (κ3) is 2.07. The minimum Gasteiger partial charge on any atom is -0.376 e. The number of hydrogen-bond acceptors (Lipinski definition) is 3. The highest BCUT2D eigenvalue weighted by atomic mass is 32.1. The Morgan fingerprint density at radius 3 is 3.11 bits per heavy atom. The van der Waals surface area contributed by atoms with Gasteiger partial charge >= 0.3 is 0 Å². The van der Waals surface area contributed by atoms with Crippen LogP contribution in [0.3, 0.4) is 0 Å². The van der Waals surface area contributed by atoms with Gasteiger partial charge in [0.15, 0.2) is 4.77 Å². The second-order valence-electron chi connectivity index (χ2n) is 4.24. The maximum atomic E-state index is 13.6. The normalized spacial score (nSPS) is 20.4. The Morgan fingerprint density at radius 1 is 1.44 bits per heavy atom. The van der Waals surface area contributed by atoms with Crippen LogP contribution < -0.4 is 0 Å². The summed E-state index contributed by atoms with van der Waals surface area (Å²) in [6, 6.07) is 4.93. The summed E-state index contributed by atoms with van der Waals surface area (Å²) in [5, 5.41) is 0. The molecule has 18 heavy (non-hydrogen) atoms. The number of aromatic nitrogens is 2. The second-order valence-corrected chi connectivity index (χ2v) is 4.63. The van der Waals surface area contributed by atoms with Crippen LogP contribution >= 0.6 is 12.2 Å². The fourth-order valence-corrected chi connectivity index (χ4v) is 2.45. The van der Waals surface area contributed by atoms with Gasteiger partial charge in [-0.15, -0.1) is 0 Å². The largest absolute Gasteiger partial charge is 0.376 e. The van der Waals surface area contributed by atoms with E-state index in [0.29, 0.717) is 36.7 Å². The second kappa shape index (κ2) is 4.79. The molecule has 1 aliphatic heterocycles. The number of aromatic amines is 1. The van der Waals surface area contributed by atoms with Gasteiger partial charge in [-0.05, 0) is 24.4 Å². The van der Waals surface area contributed by atoms with Gasteiger partial charge in [0.05, 0.1) is 38.0 Å². The maximum Gasteiger partial charge on any atom is 0.178 e. The van der Waals surface area contributed by atoms with E-state index >= 15 is 0 Å². The minimum absolute atomic E-state index is 0.0345. The predicted octanol–water partition coefficient (Wildman–Crippen LogP) is 2.25. The molecule has 1 atom stereocenters. The average molecular weight is 268 g/mol. The van der Waals surface area contributed by atoms with Crippen LogP contribution in [0, 0.1) is 10.6 Å². The van der Waals surface area contributed by atoms with E-state index in [-0.39, 0.29) is 11.9 Å². The molecule has 1 N–H and O–H groups in total. The Hall–Kier alpha value is -1.24. The quantitative estimate of drug-likeness (QED) is 0.849. The van der Waals surface area contributed by atoms with Crippen molar-refractivity contribution in [3.63, 3.8) is 0 Å². The van der Waals surface area contributed by atoms with Crippen LogP contribution in [0.15, 0.2) is 18.2 Å². The molecule has 0 bridgehead atoms. The van der Waals surface area contributed by atoms with Crippen molar-refractivity contribution in [3.8, 4) is 0 Å². The number of halogens is 1. The summed E-state index contributed by atoms with van der Waals surface area (Å²) >= 11 is 5.23. The SMILES string of the molecule is Fc1cccc2c1[nH]c(=S)n2CC1COCCO1. The summed E-state index contributed by atoms with van der Waals surface area (Å²) in [5.41, 5.74) is 1.20. The highest BCUT2D eigenvalue weighted by molar-refractivity contribution is 7.71. The molecule has 2 aromatic rings. The first-order valence-corrected chi connectivity index (χ1v) is 6.23. The Kier molecular flexibility index (Phi) is 3.15. The molecule has 0 radical (unpaired) electrons. The molecule has 6 heteroatoms. The molecule has 96 valence electrons. The van der Waals surface area contributed by atoms with E-state index in [1.165, 1.54) is 6.07 Å². The first kappa shape index (κ1) is 11.8. The van der Waals surface area contributed by atoms with Crippen LogP contribution in [0.5, 0.6) is 0 Å². The summed E-state index contributed by atoms with van der Waals surface area (Å²) in [4.78, 5) is 2.89. The highest BCUT2D eigenvalue weighted by Crippen LogP contribution is 2.18. The predicted molar refractivity (Wildman–Crippen MR) is 67.6 cm³/mol. The lowest BCUT2D eigenvalue weighted by molar-refractivity contribution is -0.0933. The zero-order valence-corrected chi connectivity index (χ0v) is 10.5. The molecule has 1 unspecified atom stereocenters. The fraction of sp³-hybridized carbons (Fsp3) is 0.417. The zero-order chi connectivity index (χ0) is 12.5. The number of rotatable bonds is 2. The maximum absolute atomic E-state index is 13.6. The lowest BCUT2D eigenvalue weighted by Gasteiger charge is -2.23. The lowest BCUT2D eigenvalue weighted by Crippen LogP contribution is -2.32. The van der Waals surface area contributed by atoms with Crippen LogP contribution in [0.4, 0.5) is 4.39 Å². The molecule has 1 fully saturated rings. The number of para-hydroxylation sites is 1. The average Bonchev–Trinajstić information content (AvgIpc) is 2.70. The summed E-state index contributed by atoms with van der Waals surface area (Å²) < 4.78 is 26.9. The van der Waals surface area contributed by atoms with Gasteiger partial charge in [0.25, 0.3) is 0 Å². The van der Waals surface area contributed by atoms with E-state index < -0.39 is 0 Å². The van der Waals surface area contributed by atoms with Crippen LogP contribution in [-0.4, -0.2) is 35.5 Å². The molecular formula is C12H13FN2O2S. The third-order valence-corrected chi connectivity index (χ3v) is 3.35. The van der Waals surface area contributed by atoms with Crippen LogP contribution in [0.25, 0.3) is 11.0 Å². The van der Waals surface area contributed by atoms with Crippen molar-refractivity contribution in [1.29, 1.82) is 0 Å². The van der Waals surface area contributed by atoms with Gasteiger partial charge in [-0.3, -0.25) is 0 Å². The van der Waals surface area contributed by atoms with Crippen LogP contribution in [0.1, 0.15) is 0 Å². The van der Waals surface area contributed by atoms with Crippen molar-refractivity contribution in [2.45, 2.75) is 12.6 Å². The number of ether oxygens (including phenoxy) is 2. The Morgan fingerprint density at radius 2 is 2.33 bits per heavy atom. The lowest BCUT2D eigenvalue weighted by atomic mass is 10.3. The van der Waals surface area contributed by atoms with Crippen molar-refractivity contribution >= 4 is 23.3 Å². The first-order chi connectivity index (χ1) is 8.75. The summed E-state index contributed by atoms with van der Waals surface area (Å²) in [7, 11) is 0. The number of hydrogen-bond donors (Lipinski definition) is 1. The topological polar surface area (TPSA) is 39.2 Å². The number of nitrogens with one attached hydrogen (secondary N) is 1. The Labute approximate surface area is 108 Å². The molecule has 3 rings (SSSR count). The van der Waals surface area contributed by atoms with Gasteiger partial charge in [0.1, 0.15) is 11.3 Å². The number of fused-ring (bicyclic) bond motifs is 1. The molecular weight excluding hydrogens is 255 g/mol. The molecule has 1 aliphatic rings. The van der Waals surface area contributed by atoms with Gasteiger partial charge < -0.3 is 19.0 Å². The van der Waals surface area contributed by atoms with E-state index in [1.807, 2.05) is 10.6 Å². The van der Waals surface area contributed by atoms with Gasteiger partial charge in [-0.25, -0.2) is 4.39 Å². The number of imidazole rings is 1. The number of nitrogens with zero attached hydrogens (tertiary/aromatic N) is 1. The van der Waals surface area contributed by atoms with E-state index in [1.54, 1.807) is 6.07 Å². The van der Waals surface area contributed by atoms with E-state index in [0.717, 1.165) is 5.52 Å². The molecule has 0 amide bonds. The fourth-order valence-electron chi connectivity index (χ4n) is 2.17. The van der Waals surface area contributed by atoms with Gasteiger partial charge in [-0.1, -0.05) is 6.07 Å². The van der Waals surface area contributed by atoms with Crippen molar-refractivity contribution < 1.29 is 13.9 Å². The van der Waals surface area contributed by atoms with E-state index in [4.69, 9.17) is 21.7 Å². The summed E-state index contributed by atoms with van der Waals surface area (Å²) in [6.45, 7) is 2.34. The van der Waals surface area contributed by atoms with Crippen LogP contribution in [-0.2, 0) is 16.0 Å². The standard InChI is InChI=1S/C12H13FN2O2S/c13-9-2-1-3-10-11(9)14-12(18)15(10)6-8-7-16-4-5-17-8/h1-3,8H,4-7H2,(H,14,18). The van der Waals surface area contributed by atoms with E-state index in [9.17, 15) is 4.39 Å². The molecule has 1 aromatic heterocycles. The molecule has 1 saturated heterocycles. The molecule has 4 nitrogen and oxygen atoms in total. The van der Waals surface area contributed by atoms with Crippen LogP contribution in [0.2, 0.25) is 0 Å². The molecule has 2 heterocycles. The Bertz CT molecular complexity index is 616. The van der Waals surface area contributed by atoms with E-state index in [2.05, 4.69) is 4.98 Å². The third-order valence-electron chi connectivity index (χ3n) is 3.03. The minimum atomic E-state index is -0.293. The van der Waals surface area contributed by atoms with Gasteiger partial charge in [-0.2, -0.15) is 0 Å². The summed E-state index contributed by atoms with van der Waals surface area (Å²) in [5.74, 6) is -0.293. The smallest absolute Gasteiger partial charge is 0.178 e. The molecule has 1 aromatic carbocycles. The highest BCUT2D eigenvalue weighted by Gasteiger charge is 2.17. The molecule has 0 spiro atoms. The summed E-state index contributed by atoms with van der Waals surface area (Å²) in [6.07, 6.45) is -0.0345. The van der Waals surface area contributed by atoms with Gasteiger partial charge in [0, 0.05) is 0 Å². The zero-order valence-electron chi connectivity index (χ0n) is 9.69. The molecule has 0 saturated carbocycles. The monoisotopic (exact) mass is 268 g/mol. The number of H-pyrrole nitrogens is 1. The molecule has 0 aliphatic carbocycles. The Balaban J connectivity index is 1.98. The van der Waals surface area contributed by atoms with Gasteiger partial charge in [0.2, 0.25) is 0 Å².